The van der Waals surface area contributed by atoms with Crippen LogP contribution in [0.4, 0.5) is 0 Å². The van der Waals surface area contributed by atoms with Crippen LogP contribution in [-0.2, 0) is 15.1 Å². The molecule has 0 unspecified atom stereocenters. The van der Waals surface area contributed by atoms with Gasteiger partial charge in [-0.25, -0.2) is 0 Å². The fraction of sp³-hybridized carbons (Fsp3) is 0.364. The first kappa shape index (κ1) is 10.6. The maximum Gasteiger partial charge on any atom is 0.303 e. The van der Waals surface area contributed by atoms with Gasteiger partial charge in [0.25, 0.3) is 0 Å². The van der Waals surface area contributed by atoms with E-state index in [2.05, 4.69) is 0 Å². The fourth-order valence-corrected chi connectivity index (χ4v) is 1.28. The Kier molecular flexibility index (Phi) is 2.79. The number of aromatic hydroxyl groups is 1. The molecule has 1 N–H and O–H groups in total. The van der Waals surface area contributed by atoms with E-state index in [1.807, 2.05) is 0 Å². The molecule has 0 bridgehead atoms. The highest BCUT2D eigenvalue weighted by Gasteiger charge is 2.23. The van der Waals surface area contributed by atoms with E-state index in [-0.39, 0.29) is 11.7 Å². The van der Waals surface area contributed by atoms with E-state index < -0.39 is 5.60 Å². The highest BCUT2D eigenvalue weighted by atomic mass is 16.6. The van der Waals surface area contributed by atoms with Gasteiger partial charge in [-0.2, -0.15) is 0 Å². The molecule has 0 aliphatic heterocycles. The Bertz CT molecular complexity index is 325. The number of phenols is 1. The van der Waals surface area contributed by atoms with Crippen molar-refractivity contribution in [3.63, 3.8) is 0 Å². The smallest absolute Gasteiger partial charge is 0.303 e. The lowest BCUT2D eigenvalue weighted by Gasteiger charge is -2.24. The second-order valence-electron chi connectivity index (χ2n) is 3.65. The van der Waals surface area contributed by atoms with Crippen LogP contribution in [0.15, 0.2) is 24.3 Å². The molecular weight excluding hydrogens is 180 g/mol. The molecule has 3 nitrogen and oxygen atoms in total. The zero-order chi connectivity index (χ0) is 10.8. The predicted molar refractivity (Wildman–Crippen MR) is 52.9 cm³/mol. The van der Waals surface area contributed by atoms with Gasteiger partial charge in [-0.15, -0.1) is 0 Å². The van der Waals surface area contributed by atoms with E-state index in [0.29, 0.717) is 0 Å². The first-order valence-electron chi connectivity index (χ1n) is 4.41. The maximum absolute atomic E-state index is 10.8. The van der Waals surface area contributed by atoms with Crippen LogP contribution >= 0.6 is 0 Å². The number of esters is 1. The summed E-state index contributed by atoms with van der Waals surface area (Å²) in [6, 6.07) is 6.61. The van der Waals surface area contributed by atoms with Crippen LogP contribution in [0, 0.1) is 0 Å². The minimum atomic E-state index is -0.653. The van der Waals surface area contributed by atoms with Gasteiger partial charge in [0.15, 0.2) is 0 Å². The highest BCUT2D eigenvalue weighted by molar-refractivity contribution is 5.66. The SMILES string of the molecule is CC(=O)OC(C)(C)c1ccc(O)cc1. The Balaban J connectivity index is 2.91. The van der Waals surface area contributed by atoms with Crippen LogP contribution in [0.25, 0.3) is 0 Å². The summed E-state index contributed by atoms with van der Waals surface area (Å²) >= 11 is 0. The lowest BCUT2D eigenvalue weighted by Crippen LogP contribution is -2.23. The van der Waals surface area contributed by atoms with Crippen molar-refractivity contribution in [2.45, 2.75) is 26.4 Å². The van der Waals surface area contributed by atoms with Gasteiger partial charge in [0.05, 0.1) is 0 Å². The summed E-state index contributed by atoms with van der Waals surface area (Å²) in [7, 11) is 0. The summed E-state index contributed by atoms with van der Waals surface area (Å²) in [6.07, 6.45) is 0. The second kappa shape index (κ2) is 3.70. The predicted octanol–water partition coefficient (Wildman–Crippen LogP) is 2.19. The molecule has 0 spiro atoms. The van der Waals surface area contributed by atoms with Crippen molar-refractivity contribution in [1.29, 1.82) is 0 Å². The van der Waals surface area contributed by atoms with Crippen LogP contribution in [-0.4, -0.2) is 11.1 Å². The summed E-state index contributed by atoms with van der Waals surface area (Å²) in [5.41, 5.74) is 0.199. The van der Waals surface area contributed by atoms with Crippen molar-refractivity contribution >= 4 is 5.97 Å². The monoisotopic (exact) mass is 194 g/mol. The zero-order valence-electron chi connectivity index (χ0n) is 8.57. The number of rotatable bonds is 2. The molecule has 0 aromatic heterocycles. The van der Waals surface area contributed by atoms with Crippen LogP contribution in [0.2, 0.25) is 0 Å². The average molecular weight is 194 g/mol. The lowest BCUT2D eigenvalue weighted by atomic mass is 9.98. The van der Waals surface area contributed by atoms with Gasteiger partial charge in [-0.3, -0.25) is 4.79 Å². The van der Waals surface area contributed by atoms with E-state index in [9.17, 15) is 4.79 Å². The molecule has 76 valence electrons. The molecule has 0 atom stereocenters. The molecule has 3 heteroatoms. The molecule has 0 saturated carbocycles. The number of hydrogen-bond acceptors (Lipinski definition) is 3. The Morgan fingerprint density at radius 2 is 1.79 bits per heavy atom. The Labute approximate surface area is 83.3 Å². The first-order chi connectivity index (χ1) is 6.42. The van der Waals surface area contributed by atoms with Gasteiger partial charge >= 0.3 is 5.97 Å². The molecule has 1 aromatic carbocycles. The van der Waals surface area contributed by atoms with E-state index in [4.69, 9.17) is 9.84 Å². The van der Waals surface area contributed by atoms with Crippen molar-refractivity contribution in [2.24, 2.45) is 0 Å². The minimum absolute atomic E-state index is 0.201. The van der Waals surface area contributed by atoms with Gasteiger partial charge in [0.1, 0.15) is 11.4 Å². The minimum Gasteiger partial charge on any atom is -0.508 e. The van der Waals surface area contributed by atoms with Crippen molar-refractivity contribution < 1.29 is 14.6 Å². The number of carbonyl (C=O) groups excluding carboxylic acids is 1. The molecule has 1 aromatic rings. The van der Waals surface area contributed by atoms with Gasteiger partial charge < -0.3 is 9.84 Å². The quantitative estimate of drug-likeness (QED) is 0.734. The Morgan fingerprint density at radius 1 is 1.29 bits per heavy atom. The van der Waals surface area contributed by atoms with E-state index in [0.717, 1.165) is 5.56 Å². The Morgan fingerprint density at radius 3 is 2.21 bits per heavy atom. The third-order valence-electron chi connectivity index (χ3n) is 1.96. The fourth-order valence-electron chi connectivity index (χ4n) is 1.28. The molecule has 0 fully saturated rings. The molecule has 0 aliphatic carbocycles. The van der Waals surface area contributed by atoms with Gasteiger partial charge in [-0.05, 0) is 31.5 Å². The third kappa shape index (κ3) is 2.49. The number of hydrogen-bond donors (Lipinski definition) is 1. The van der Waals surface area contributed by atoms with Gasteiger partial charge in [0.2, 0.25) is 0 Å². The molecule has 0 aliphatic rings. The van der Waals surface area contributed by atoms with Crippen LogP contribution in [0.5, 0.6) is 5.75 Å². The largest absolute Gasteiger partial charge is 0.508 e. The van der Waals surface area contributed by atoms with Crippen LogP contribution < -0.4 is 0 Å². The molecule has 0 amide bonds. The van der Waals surface area contributed by atoms with Crippen molar-refractivity contribution in [3.8, 4) is 5.75 Å². The molecule has 0 heterocycles. The van der Waals surface area contributed by atoms with E-state index >= 15 is 0 Å². The lowest BCUT2D eigenvalue weighted by molar-refractivity contribution is -0.154. The highest BCUT2D eigenvalue weighted by Crippen LogP contribution is 2.26. The number of benzene rings is 1. The first-order valence-corrected chi connectivity index (χ1v) is 4.41. The summed E-state index contributed by atoms with van der Waals surface area (Å²) in [4.78, 5) is 10.8. The van der Waals surface area contributed by atoms with Crippen molar-refractivity contribution in [1.82, 2.24) is 0 Å². The Hall–Kier alpha value is -1.51. The molecule has 14 heavy (non-hydrogen) atoms. The van der Waals surface area contributed by atoms with Gasteiger partial charge in [0, 0.05) is 6.92 Å². The zero-order valence-corrected chi connectivity index (χ0v) is 8.57. The summed E-state index contributed by atoms with van der Waals surface area (Å²) in [5, 5.41) is 9.10. The maximum atomic E-state index is 10.8. The van der Waals surface area contributed by atoms with Crippen molar-refractivity contribution in [2.75, 3.05) is 0 Å². The second-order valence-corrected chi connectivity index (χ2v) is 3.65. The standard InChI is InChI=1S/C11H14O3/c1-8(12)14-11(2,3)9-4-6-10(13)7-5-9/h4-7,13H,1-3H3. The topological polar surface area (TPSA) is 46.5 Å². The van der Waals surface area contributed by atoms with Crippen molar-refractivity contribution in [3.05, 3.63) is 29.8 Å². The summed E-state index contributed by atoms with van der Waals surface area (Å²) in [6.45, 7) is 4.99. The number of carbonyl (C=O) groups is 1. The van der Waals surface area contributed by atoms with Gasteiger partial charge in [-0.1, -0.05) is 12.1 Å². The summed E-state index contributed by atoms with van der Waals surface area (Å²) in [5.74, 6) is -0.115. The molecule has 1 rings (SSSR count). The summed E-state index contributed by atoms with van der Waals surface area (Å²) < 4.78 is 5.14. The number of phenolic OH excluding ortho intramolecular Hbond substituents is 1. The van der Waals surface area contributed by atoms with Crippen LogP contribution in [0.3, 0.4) is 0 Å². The normalized spacial score (nSPS) is 11.1. The number of ether oxygens (including phenoxy) is 1. The molecule has 0 saturated heterocycles. The van der Waals surface area contributed by atoms with E-state index in [1.165, 1.54) is 6.92 Å². The third-order valence-corrected chi connectivity index (χ3v) is 1.96. The molecular formula is C11H14O3. The average Bonchev–Trinajstić information content (AvgIpc) is 2.02. The van der Waals surface area contributed by atoms with Crippen LogP contribution in [0.1, 0.15) is 26.3 Å². The van der Waals surface area contributed by atoms with E-state index in [1.54, 1.807) is 38.1 Å². The molecule has 0 radical (unpaired) electrons.